The molecule has 2 atom stereocenters. The van der Waals surface area contributed by atoms with E-state index < -0.39 is 10.2 Å². The van der Waals surface area contributed by atoms with Gasteiger partial charge in [-0.1, -0.05) is 19.8 Å². The van der Waals surface area contributed by atoms with E-state index in [-0.39, 0.29) is 11.7 Å². The summed E-state index contributed by atoms with van der Waals surface area (Å²) >= 11 is 0. The predicted molar refractivity (Wildman–Crippen MR) is 41.4 cm³/mol. The Labute approximate surface area is 67.0 Å². The Balaban J connectivity index is 2.50. The summed E-state index contributed by atoms with van der Waals surface area (Å²) in [5, 5.41) is 0. The lowest BCUT2D eigenvalue weighted by Crippen LogP contribution is -2.14. The van der Waals surface area contributed by atoms with Crippen molar-refractivity contribution in [3.05, 3.63) is 0 Å². The number of rotatable bonds is 2. The maximum Gasteiger partial charge on any atom is 0.302 e. The lowest BCUT2D eigenvalue weighted by Gasteiger charge is -2.11. The molecule has 1 aliphatic carbocycles. The van der Waals surface area contributed by atoms with Crippen LogP contribution in [0.1, 0.15) is 26.2 Å². The number of hydrogen-bond acceptors (Lipinski definition) is 2. The summed E-state index contributed by atoms with van der Waals surface area (Å²) in [7, 11) is -4.24. The molecule has 0 amide bonds. The van der Waals surface area contributed by atoms with Crippen molar-refractivity contribution < 1.29 is 12.3 Å². The minimum Gasteiger partial charge on any atom is -0.195 e. The van der Waals surface area contributed by atoms with Crippen LogP contribution in [0.3, 0.4) is 0 Å². The van der Waals surface area contributed by atoms with E-state index in [1.807, 2.05) is 6.92 Å². The Bertz CT molecular complexity index is 223. The highest BCUT2D eigenvalue weighted by Gasteiger charge is 2.27. The van der Waals surface area contributed by atoms with Crippen molar-refractivity contribution >= 4 is 10.2 Å². The first-order chi connectivity index (χ1) is 4.99. The standard InChI is InChI=1S/C7H13FO2S/c1-6-3-2-4-7(6)5-11(8,9)10/h6-7H,2-5H2,1H3/t6-,7+/m1/s1. The predicted octanol–water partition coefficient (Wildman–Crippen LogP) is 1.72. The SMILES string of the molecule is C[C@@H]1CCC[C@H]1CS(=O)(=O)F. The van der Waals surface area contributed by atoms with Crippen LogP contribution in [0.2, 0.25) is 0 Å². The van der Waals surface area contributed by atoms with Crippen molar-refractivity contribution in [3.63, 3.8) is 0 Å². The van der Waals surface area contributed by atoms with E-state index in [9.17, 15) is 12.3 Å². The first kappa shape index (κ1) is 8.97. The van der Waals surface area contributed by atoms with Crippen LogP contribution in [-0.4, -0.2) is 14.2 Å². The van der Waals surface area contributed by atoms with Crippen LogP contribution in [-0.2, 0) is 10.2 Å². The Morgan fingerprint density at radius 3 is 2.45 bits per heavy atom. The van der Waals surface area contributed by atoms with E-state index in [1.54, 1.807) is 0 Å². The Hall–Kier alpha value is -0.120. The summed E-state index contributed by atoms with van der Waals surface area (Å²) in [5.74, 6) is 0.166. The van der Waals surface area contributed by atoms with E-state index >= 15 is 0 Å². The van der Waals surface area contributed by atoms with Gasteiger partial charge in [0, 0.05) is 0 Å². The van der Waals surface area contributed by atoms with Gasteiger partial charge < -0.3 is 0 Å². The van der Waals surface area contributed by atoms with Crippen molar-refractivity contribution in [3.8, 4) is 0 Å². The van der Waals surface area contributed by atoms with Gasteiger partial charge in [-0.2, -0.15) is 8.42 Å². The fourth-order valence-corrected chi connectivity index (χ4v) is 2.73. The van der Waals surface area contributed by atoms with Crippen molar-refractivity contribution in [2.75, 3.05) is 5.75 Å². The smallest absolute Gasteiger partial charge is 0.195 e. The summed E-state index contributed by atoms with van der Waals surface area (Å²) in [6.07, 6.45) is 2.95. The molecule has 0 spiro atoms. The zero-order chi connectivity index (χ0) is 8.48. The molecule has 11 heavy (non-hydrogen) atoms. The van der Waals surface area contributed by atoms with Crippen LogP contribution in [0.5, 0.6) is 0 Å². The molecule has 0 aromatic rings. The fourth-order valence-electron chi connectivity index (χ4n) is 1.73. The third-order valence-electron chi connectivity index (χ3n) is 2.45. The van der Waals surface area contributed by atoms with Crippen molar-refractivity contribution in [2.45, 2.75) is 26.2 Å². The molecule has 66 valence electrons. The van der Waals surface area contributed by atoms with Gasteiger partial charge in [-0.25, -0.2) is 0 Å². The third-order valence-corrected chi connectivity index (χ3v) is 3.28. The van der Waals surface area contributed by atoms with Crippen LogP contribution in [0, 0.1) is 11.8 Å². The van der Waals surface area contributed by atoms with E-state index in [0.717, 1.165) is 19.3 Å². The molecule has 0 N–H and O–H groups in total. The average molecular weight is 180 g/mol. The Kier molecular flexibility index (Phi) is 2.52. The molecule has 0 unspecified atom stereocenters. The maximum atomic E-state index is 12.2. The molecule has 1 saturated carbocycles. The van der Waals surface area contributed by atoms with E-state index in [1.165, 1.54) is 0 Å². The zero-order valence-electron chi connectivity index (χ0n) is 6.59. The normalized spacial score (nSPS) is 32.5. The van der Waals surface area contributed by atoms with E-state index in [2.05, 4.69) is 0 Å². The van der Waals surface area contributed by atoms with Gasteiger partial charge in [0.1, 0.15) is 0 Å². The molecule has 0 aliphatic heterocycles. The molecule has 2 nitrogen and oxygen atoms in total. The van der Waals surface area contributed by atoms with Crippen LogP contribution < -0.4 is 0 Å². The lowest BCUT2D eigenvalue weighted by molar-refractivity contribution is 0.443. The van der Waals surface area contributed by atoms with Crippen LogP contribution >= 0.6 is 0 Å². The highest BCUT2D eigenvalue weighted by molar-refractivity contribution is 7.86. The van der Waals surface area contributed by atoms with Gasteiger partial charge >= 0.3 is 10.2 Å². The van der Waals surface area contributed by atoms with Gasteiger partial charge in [0.15, 0.2) is 0 Å². The van der Waals surface area contributed by atoms with Crippen molar-refractivity contribution in [2.24, 2.45) is 11.8 Å². The summed E-state index contributed by atoms with van der Waals surface area (Å²) in [6, 6.07) is 0. The molecule has 0 aromatic heterocycles. The van der Waals surface area contributed by atoms with Gasteiger partial charge in [0.25, 0.3) is 0 Å². The van der Waals surface area contributed by atoms with Gasteiger partial charge in [-0.15, -0.1) is 3.89 Å². The number of halogens is 1. The quantitative estimate of drug-likeness (QED) is 0.606. The second-order valence-electron chi connectivity index (χ2n) is 3.37. The first-order valence-corrected chi connectivity index (χ1v) is 5.46. The Morgan fingerprint density at radius 1 is 1.45 bits per heavy atom. The maximum absolute atomic E-state index is 12.2. The minimum atomic E-state index is -4.24. The highest BCUT2D eigenvalue weighted by atomic mass is 32.3. The van der Waals surface area contributed by atoms with E-state index in [0.29, 0.717) is 5.92 Å². The molecule has 0 radical (unpaired) electrons. The summed E-state index contributed by atoms with van der Waals surface area (Å²) in [6.45, 7) is 1.99. The molecule has 4 heteroatoms. The largest absolute Gasteiger partial charge is 0.302 e. The van der Waals surface area contributed by atoms with Gasteiger partial charge in [-0.05, 0) is 18.3 Å². The van der Waals surface area contributed by atoms with E-state index in [4.69, 9.17) is 0 Å². The molecule has 1 rings (SSSR count). The van der Waals surface area contributed by atoms with Crippen molar-refractivity contribution in [1.82, 2.24) is 0 Å². The molecule has 0 heterocycles. The molecule has 1 aliphatic rings. The van der Waals surface area contributed by atoms with Crippen LogP contribution in [0.4, 0.5) is 3.89 Å². The third kappa shape index (κ3) is 2.77. The second-order valence-corrected chi connectivity index (χ2v) is 4.78. The van der Waals surface area contributed by atoms with Gasteiger partial charge in [0.05, 0.1) is 5.75 Å². The molecule has 0 aromatic carbocycles. The lowest BCUT2D eigenvalue weighted by atomic mass is 10.0. The monoisotopic (exact) mass is 180 g/mol. The summed E-state index contributed by atoms with van der Waals surface area (Å²) in [4.78, 5) is 0. The molecule has 0 saturated heterocycles. The van der Waals surface area contributed by atoms with Crippen LogP contribution in [0.15, 0.2) is 0 Å². The summed E-state index contributed by atoms with van der Waals surface area (Å²) in [5.41, 5.74) is 0. The molecule has 0 bridgehead atoms. The Morgan fingerprint density at radius 2 is 2.09 bits per heavy atom. The first-order valence-electron chi connectivity index (χ1n) is 3.91. The average Bonchev–Trinajstić information content (AvgIpc) is 2.12. The highest BCUT2D eigenvalue weighted by Crippen LogP contribution is 2.32. The molecular weight excluding hydrogens is 167 g/mol. The minimum absolute atomic E-state index is 0.0602. The van der Waals surface area contributed by atoms with Crippen molar-refractivity contribution in [1.29, 1.82) is 0 Å². The molecule has 1 fully saturated rings. The van der Waals surface area contributed by atoms with Gasteiger partial charge in [-0.3, -0.25) is 0 Å². The summed E-state index contributed by atoms with van der Waals surface area (Å²) < 4.78 is 32.7. The zero-order valence-corrected chi connectivity index (χ0v) is 7.40. The van der Waals surface area contributed by atoms with Gasteiger partial charge in [0.2, 0.25) is 0 Å². The topological polar surface area (TPSA) is 34.1 Å². The fraction of sp³-hybridized carbons (Fsp3) is 1.00. The molecular formula is C7H13FO2S. The number of hydrogen-bond donors (Lipinski definition) is 0. The van der Waals surface area contributed by atoms with Crippen LogP contribution in [0.25, 0.3) is 0 Å². The second kappa shape index (κ2) is 3.09.